The van der Waals surface area contributed by atoms with E-state index in [1.54, 1.807) is 4.90 Å². The fourth-order valence-corrected chi connectivity index (χ4v) is 5.72. The molecule has 138 valence electrons. The van der Waals surface area contributed by atoms with Crippen molar-refractivity contribution in [2.24, 2.45) is 0 Å². The van der Waals surface area contributed by atoms with Crippen LogP contribution in [0.4, 0.5) is 5.69 Å². The van der Waals surface area contributed by atoms with Gasteiger partial charge in [0.05, 0.1) is 11.9 Å². The number of amides is 2. The first-order chi connectivity index (χ1) is 12.2. The summed E-state index contributed by atoms with van der Waals surface area (Å²) < 4.78 is 25.1. The summed E-state index contributed by atoms with van der Waals surface area (Å²) in [5, 5.41) is 0.586. The Labute approximate surface area is 165 Å². The summed E-state index contributed by atoms with van der Waals surface area (Å²) in [5.74, 6) is -0.875. The number of hydrogen-bond donors (Lipinski definition) is 1. The molecular formula is C15H15N3O4S4. The molecule has 0 spiro atoms. The molecule has 1 fully saturated rings. The Morgan fingerprint density at radius 1 is 1.23 bits per heavy atom. The lowest BCUT2D eigenvalue weighted by molar-refractivity contribution is -0.122. The van der Waals surface area contributed by atoms with Crippen LogP contribution < -0.4 is 9.62 Å². The van der Waals surface area contributed by atoms with Crippen LogP contribution in [0.2, 0.25) is 0 Å². The summed E-state index contributed by atoms with van der Waals surface area (Å²) >= 11 is 7.82. The molecule has 2 amide bonds. The van der Waals surface area contributed by atoms with Crippen LogP contribution in [-0.4, -0.2) is 48.8 Å². The SMILES string of the molecule is CCN1C(=O)/C(=C2\Sc3ccccc3N2CC(=O)NS(C)(=O)=O)SC1=S. The first kappa shape index (κ1) is 19.2. The number of likely N-dealkylation sites (N-methyl/N-ethyl adjacent to an activating group) is 1. The van der Waals surface area contributed by atoms with E-state index in [9.17, 15) is 18.0 Å². The van der Waals surface area contributed by atoms with Gasteiger partial charge in [-0.05, 0) is 19.1 Å². The van der Waals surface area contributed by atoms with Crippen molar-refractivity contribution in [1.82, 2.24) is 9.62 Å². The van der Waals surface area contributed by atoms with Crippen LogP contribution in [0, 0.1) is 0 Å². The predicted molar refractivity (Wildman–Crippen MR) is 107 cm³/mol. The van der Waals surface area contributed by atoms with Crippen LogP contribution in [0.5, 0.6) is 0 Å². The second-order valence-electron chi connectivity index (χ2n) is 5.50. The van der Waals surface area contributed by atoms with Crippen LogP contribution in [0.3, 0.4) is 0 Å². The van der Waals surface area contributed by atoms with E-state index in [1.165, 1.54) is 28.4 Å². The summed E-state index contributed by atoms with van der Waals surface area (Å²) in [6, 6.07) is 7.39. The number of para-hydroxylation sites is 1. The molecule has 0 unspecified atom stereocenters. The van der Waals surface area contributed by atoms with Gasteiger partial charge in [0.1, 0.15) is 20.8 Å². The molecular weight excluding hydrogens is 414 g/mol. The first-order valence-corrected chi connectivity index (χ1v) is 11.5. The predicted octanol–water partition coefficient (Wildman–Crippen LogP) is 1.72. The van der Waals surface area contributed by atoms with Crippen LogP contribution >= 0.6 is 35.7 Å². The third-order valence-corrected chi connectivity index (χ3v) is 6.92. The van der Waals surface area contributed by atoms with E-state index in [0.717, 1.165) is 16.8 Å². The average molecular weight is 430 g/mol. The van der Waals surface area contributed by atoms with Crippen molar-refractivity contribution in [1.29, 1.82) is 0 Å². The molecule has 0 radical (unpaired) electrons. The molecule has 0 aliphatic carbocycles. The summed E-state index contributed by atoms with van der Waals surface area (Å²) in [6.07, 6.45) is 0.921. The number of sulfonamides is 1. The van der Waals surface area contributed by atoms with Crippen LogP contribution in [-0.2, 0) is 19.6 Å². The highest BCUT2D eigenvalue weighted by Crippen LogP contribution is 2.50. The number of fused-ring (bicyclic) bond motifs is 1. The zero-order valence-corrected chi connectivity index (χ0v) is 17.2. The van der Waals surface area contributed by atoms with Crippen LogP contribution in [0.1, 0.15) is 6.92 Å². The number of benzene rings is 1. The normalized spacial score (nSPS) is 19.9. The fraction of sp³-hybridized carbons (Fsp3) is 0.267. The van der Waals surface area contributed by atoms with E-state index < -0.39 is 15.9 Å². The maximum atomic E-state index is 12.7. The Bertz CT molecular complexity index is 942. The molecule has 1 aromatic rings. The maximum absolute atomic E-state index is 12.7. The Kier molecular flexibility index (Phi) is 5.33. The van der Waals surface area contributed by atoms with Gasteiger partial charge in [-0.2, -0.15) is 0 Å². The van der Waals surface area contributed by atoms with Crippen molar-refractivity contribution >= 4 is 67.6 Å². The number of thioether (sulfide) groups is 2. The van der Waals surface area contributed by atoms with Gasteiger partial charge in [-0.15, -0.1) is 0 Å². The molecule has 2 heterocycles. The van der Waals surface area contributed by atoms with Gasteiger partial charge in [-0.3, -0.25) is 19.2 Å². The molecule has 7 nitrogen and oxygen atoms in total. The molecule has 0 aromatic heterocycles. The lowest BCUT2D eigenvalue weighted by Gasteiger charge is -2.20. The zero-order valence-electron chi connectivity index (χ0n) is 13.9. The highest BCUT2D eigenvalue weighted by atomic mass is 32.2. The van der Waals surface area contributed by atoms with E-state index in [-0.39, 0.29) is 12.5 Å². The smallest absolute Gasteiger partial charge is 0.268 e. The molecule has 0 atom stereocenters. The summed E-state index contributed by atoms with van der Waals surface area (Å²) in [7, 11) is -3.66. The fourth-order valence-electron chi connectivity index (χ4n) is 2.54. The van der Waals surface area contributed by atoms with Crippen molar-refractivity contribution in [2.45, 2.75) is 11.8 Å². The first-order valence-electron chi connectivity index (χ1n) is 7.54. The maximum Gasteiger partial charge on any atom is 0.268 e. The number of carbonyl (C=O) groups is 2. The van der Waals surface area contributed by atoms with Gasteiger partial charge >= 0.3 is 0 Å². The van der Waals surface area contributed by atoms with Gasteiger partial charge < -0.3 is 4.90 Å². The average Bonchev–Trinajstić information content (AvgIpc) is 3.03. The minimum atomic E-state index is -3.66. The molecule has 1 N–H and O–H groups in total. The van der Waals surface area contributed by atoms with Crippen molar-refractivity contribution in [3.05, 3.63) is 34.2 Å². The standard InChI is InChI=1S/C15H15N3O4S4/c1-3-17-13(20)12(25-15(17)23)14-18(8-11(19)16-26(2,21)22)9-6-4-5-7-10(9)24-14/h4-7H,3,8H2,1-2H3,(H,16,19)/b14-12+. The van der Waals surface area contributed by atoms with Gasteiger partial charge in [-0.1, -0.05) is 47.9 Å². The van der Waals surface area contributed by atoms with Gasteiger partial charge in [0.15, 0.2) is 0 Å². The third-order valence-electron chi connectivity index (χ3n) is 3.57. The lowest BCUT2D eigenvalue weighted by Crippen LogP contribution is -2.38. The Hall–Kier alpha value is -1.56. The van der Waals surface area contributed by atoms with Gasteiger partial charge in [-0.25, -0.2) is 8.42 Å². The zero-order chi connectivity index (χ0) is 19.1. The van der Waals surface area contributed by atoms with Crippen LogP contribution in [0.15, 0.2) is 39.1 Å². The molecule has 26 heavy (non-hydrogen) atoms. The summed E-state index contributed by atoms with van der Waals surface area (Å²) in [4.78, 5) is 29.3. The molecule has 1 aromatic carbocycles. The van der Waals surface area contributed by atoms with E-state index in [0.29, 0.717) is 20.8 Å². The van der Waals surface area contributed by atoms with Gasteiger partial charge in [0.25, 0.3) is 11.8 Å². The minimum Gasteiger partial charge on any atom is -0.324 e. The second kappa shape index (κ2) is 7.22. The number of hydrogen-bond acceptors (Lipinski definition) is 8. The molecule has 11 heteroatoms. The molecule has 2 aliphatic heterocycles. The second-order valence-corrected chi connectivity index (χ2v) is 9.93. The molecule has 0 bridgehead atoms. The number of nitrogens with zero attached hydrogens (tertiary/aromatic N) is 2. The van der Waals surface area contributed by atoms with E-state index in [2.05, 4.69) is 0 Å². The third kappa shape index (κ3) is 3.75. The minimum absolute atomic E-state index is 0.202. The number of carbonyl (C=O) groups excluding carboxylic acids is 2. The topological polar surface area (TPSA) is 86.8 Å². The summed E-state index contributed by atoms with van der Waals surface area (Å²) in [6.45, 7) is 2.09. The number of thiocarbonyl (C=S) groups is 1. The highest BCUT2D eigenvalue weighted by Gasteiger charge is 2.39. The Balaban J connectivity index is 2.00. The van der Waals surface area contributed by atoms with E-state index in [1.807, 2.05) is 35.9 Å². The highest BCUT2D eigenvalue weighted by molar-refractivity contribution is 8.27. The monoisotopic (exact) mass is 429 g/mol. The quantitative estimate of drug-likeness (QED) is 0.572. The van der Waals surface area contributed by atoms with E-state index >= 15 is 0 Å². The number of anilines is 1. The Morgan fingerprint density at radius 3 is 2.54 bits per heavy atom. The van der Waals surface area contributed by atoms with Crippen molar-refractivity contribution in [3.8, 4) is 0 Å². The van der Waals surface area contributed by atoms with E-state index in [4.69, 9.17) is 12.2 Å². The molecule has 3 rings (SSSR count). The Morgan fingerprint density at radius 2 is 1.92 bits per heavy atom. The van der Waals surface area contributed by atoms with Crippen LogP contribution in [0.25, 0.3) is 0 Å². The number of nitrogens with one attached hydrogen (secondary N) is 1. The van der Waals surface area contributed by atoms with Gasteiger partial charge in [0.2, 0.25) is 10.0 Å². The molecule has 2 aliphatic rings. The molecule has 1 saturated heterocycles. The molecule has 0 saturated carbocycles. The number of rotatable bonds is 4. The largest absolute Gasteiger partial charge is 0.324 e. The van der Waals surface area contributed by atoms with Crippen molar-refractivity contribution in [3.63, 3.8) is 0 Å². The van der Waals surface area contributed by atoms with Crippen molar-refractivity contribution in [2.75, 3.05) is 24.2 Å². The van der Waals surface area contributed by atoms with Crippen molar-refractivity contribution < 1.29 is 18.0 Å². The van der Waals surface area contributed by atoms with Gasteiger partial charge in [0, 0.05) is 11.4 Å². The lowest BCUT2D eigenvalue weighted by atomic mass is 10.3. The summed E-state index contributed by atoms with van der Waals surface area (Å²) in [5.41, 5.74) is 0.748.